The first-order valence-electron chi connectivity index (χ1n) is 6.41. The molecule has 0 saturated carbocycles. The third-order valence-corrected chi connectivity index (χ3v) is 3.60. The number of aryl methyl sites for hydroxylation is 1. The predicted octanol–water partition coefficient (Wildman–Crippen LogP) is 4.39. The van der Waals surface area contributed by atoms with Gasteiger partial charge in [0.2, 0.25) is 0 Å². The number of benzene rings is 1. The lowest BCUT2D eigenvalue weighted by atomic mass is 10.1. The van der Waals surface area contributed by atoms with Gasteiger partial charge in [-0.05, 0) is 31.5 Å². The van der Waals surface area contributed by atoms with Crippen LogP contribution in [-0.4, -0.2) is 11.3 Å². The first-order valence-corrected chi connectivity index (χ1v) is 7.23. The van der Waals surface area contributed by atoms with Gasteiger partial charge in [-0.2, -0.15) is 0 Å². The zero-order valence-electron chi connectivity index (χ0n) is 11.8. The number of hydrogen-bond donors (Lipinski definition) is 1. The van der Waals surface area contributed by atoms with Gasteiger partial charge in [0.1, 0.15) is 0 Å². The molecule has 0 heterocycles. The van der Waals surface area contributed by atoms with Crippen LogP contribution in [0.5, 0.6) is 0 Å². The zero-order valence-corrected chi connectivity index (χ0v) is 12.6. The molecule has 0 atom stereocenters. The van der Waals surface area contributed by atoms with Crippen LogP contribution in [0.15, 0.2) is 23.1 Å². The van der Waals surface area contributed by atoms with E-state index in [1.165, 1.54) is 22.4 Å². The van der Waals surface area contributed by atoms with E-state index in [1.54, 1.807) is 0 Å². The molecule has 96 valence electrons. The number of thioether (sulfide) groups is 1. The summed E-state index contributed by atoms with van der Waals surface area (Å²) in [7, 11) is 0. The van der Waals surface area contributed by atoms with E-state index in [-0.39, 0.29) is 4.75 Å². The average molecular weight is 251 g/mol. The first-order chi connectivity index (χ1) is 7.92. The Morgan fingerprint density at radius 1 is 1.24 bits per heavy atom. The van der Waals surface area contributed by atoms with Gasteiger partial charge in [0.05, 0.1) is 0 Å². The third kappa shape index (κ3) is 5.60. The van der Waals surface area contributed by atoms with Crippen molar-refractivity contribution < 1.29 is 0 Å². The largest absolute Gasteiger partial charge is 0.313 e. The summed E-state index contributed by atoms with van der Waals surface area (Å²) in [6, 6.07) is 6.77. The van der Waals surface area contributed by atoms with Crippen molar-refractivity contribution in [3.8, 4) is 0 Å². The smallest absolute Gasteiger partial charge is 0.0216 e. The maximum atomic E-state index is 3.49. The van der Waals surface area contributed by atoms with Crippen LogP contribution in [0.25, 0.3) is 0 Å². The molecule has 1 aromatic carbocycles. The van der Waals surface area contributed by atoms with Gasteiger partial charge in [-0.25, -0.2) is 0 Å². The van der Waals surface area contributed by atoms with Gasteiger partial charge in [-0.15, -0.1) is 11.8 Å². The van der Waals surface area contributed by atoms with E-state index in [0.717, 1.165) is 13.1 Å². The van der Waals surface area contributed by atoms with Gasteiger partial charge in [0.15, 0.2) is 0 Å². The summed E-state index contributed by atoms with van der Waals surface area (Å²) in [4.78, 5) is 1.41. The fourth-order valence-corrected chi connectivity index (χ4v) is 2.73. The van der Waals surface area contributed by atoms with Crippen molar-refractivity contribution in [1.82, 2.24) is 5.32 Å². The highest BCUT2D eigenvalue weighted by molar-refractivity contribution is 8.00. The minimum Gasteiger partial charge on any atom is -0.313 e. The van der Waals surface area contributed by atoms with Crippen molar-refractivity contribution in [2.24, 2.45) is 0 Å². The summed E-state index contributed by atoms with van der Waals surface area (Å²) in [5, 5.41) is 3.49. The van der Waals surface area contributed by atoms with E-state index in [0.29, 0.717) is 0 Å². The average Bonchev–Trinajstić information content (AvgIpc) is 2.20. The fraction of sp³-hybridized carbons (Fsp3) is 0.600. The molecule has 1 aromatic rings. The molecular formula is C15H25NS. The van der Waals surface area contributed by atoms with Crippen molar-refractivity contribution >= 4 is 11.8 Å². The highest BCUT2D eigenvalue weighted by Crippen LogP contribution is 2.34. The van der Waals surface area contributed by atoms with Crippen molar-refractivity contribution in [2.45, 2.75) is 57.2 Å². The van der Waals surface area contributed by atoms with Crippen molar-refractivity contribution in [1.29, 1.82) is 0 Å². The Bertz CT molecular complexity index is 352. The lowest BCUT2D eigenvalue weighted by Crippen LogP contribution is -2.15. The predicted molar refractivity (Wildman–Crippen MR) is 78.8 cm³/mol. The molecule has 2 heteroatoms. The third-order valence-electron chi connectivity index (χ3n) is 2.37. The molecule has 1 nitrogen and oxygen atoms in total. The second-order valence-electron chi connectivity index (χ2n) is 5.50. The van der Waals surface area contributed by atoms with Crippen molar-refractivity contribution in [3.05, 3.63) is 29.3 Å². The quantitative estimate of drug-likeness (QED) is 0.615. The highest BCUT2D eigenvalue weighted by Gasteiger charge is 2.14. The van der Waals surface area contributed by atoms with Crippen LogP contribution in [0, 0.1) is 6.92 Å². The van der Waals surface area contributed by atoms with Gasteiger partial charge in [0, 0.05) is 16.2 Å². The molecule has 0 bridgehead atoms. The van der Waals surface area contributed by atoms with Crippen molar-refractivity contribution in [2.75, 3.05) is 6.54 Å². The summed E-state index contributed by atoms with van der Waals surface area (Å²) >= 11 is 1.95. The molecule has 0 saturated heterocycles. The van der Waals surface area contributed by atoms with Crippen molar-refractivity contribution in [3.63, 3.8) is 0 Å². The van der Waals surface area contributed by atoms with E-state index in [2.05, 4.69) is 58.1 Å². The van der Waals surface area contributed by atoms with Gasteiger partial charge < -0.3 is 5.32 Å². The molecule has 0 aliphatic heterocycles. The maximum absolute atomic E-state index is 3.49. The van der Waals surface area contributed by atoms with Gasteiger partial charge >= 0.3 is 0 Å². The monoisotopic (exact) mass is 251 g/mol. The van der Waals surface area contributed by atoms with E-state index in [1.807, 2.05) is 11.8 Å². The molecule has 0 spiro atoms. The molecule has 0 aliphatic carbocycles. The Morgan fingerprint density at radius 2 is 1.94 bits per heavy atom. The van der Waals surface area contributed by atoms with Gasteiger partial charge in [0.25, 0.3) is 0 Å². The normalized spacial score (nSPS) is 11.8. The zero-order chi connectivity index (χ0) is 12.9. The van der Waals surface area contributed by atoms with E-state index >= 15 is 0 Å². The maximum Gasteiger partial charge on any atom is 0.0216 e. The lowest BCUT2D eigenvalue weighted by molar-refractivity contribution is 0.668. The first kappa shape index (κ1) is 14.6. The molecule has 17 heavy (non-hydrogen) atoms. The Labute approximate surface area is 110 Å². The SMILES string of the molecule is CCCNCc1cc(C)ccc1SC(C)(C)C. The van der Waals surface area contributed by atoms with Crippen LogP contribution in [0.2, 0.25) is 0 Å². The van der Waals surface area contributed by atoms with Gasteiger partial charge in [-0.3, -0.25) is 0 Å². The molecule has 0 radical (unpaired) electrons. The van der Waals surface area contributed by atoms with E-state index < -0.39 is 0 Å². The second-order valence-corrected chi connectivity index (χ2v) is 7.37. The van der Waals surface area contributed by atoms with E-state index in [4.69, 9.17) is 0 Å². The van der Waals surface area contributed by atoms with Crippen LogP contribution >= 0.6 is 11.8 Å². The Kier molecular flexibility index (Phi) is 5.54. The Balaban J connectivity index is 2.80. The molecule has 0 aliphatic rings. The molecule has 0 fully saturated rings. The molecule has 1 N–H and O–H groups in total. The number of hydrogen-bond acceptors (Lipinski definition) is 2. The fourth-order valence-electron chi connectivity index (χ4n) is 1.68. The van der Waals surface area contributed by atoms with Crippen LogP contribution < -0.4 is 5.32 Å². The molecule has 0 aromatic heterocycles. The Hall–Kier alpha value is -0.470. The summed E-state index contributed by atoms with van der Waals surface area (Å²) in [5.41, 5.74) is 2.77. The summed E-state index contributed by atoms with van der Waals surface area (Å²) in [5.74, 6) is 0. The standard InChI is InChI=1S/C15H25NS/c1-6-9-16-11-13-10-12(2)7-8-14(13)17-15(3,4)5/h7-8,10,16H,6,9,11H2,1-5H3. The Morgan fingerprint density at radius 3 is 2.53 bits per heavy atom. The summed E-state index contributed by atoms with van der Waals surface area (Å²) in [6.07, 6.45) is 1.19. The van der Waals surface area contributed by atoms with Crippen LogP contribution in [0.3, 0.4) is 0 Å². The number of rotatable bonds is 5. The molecular weight excluding hydrogens is 226 g/mol. The second kappa shape index (κ2) is 6.46. The van der Waals surface area contributed by atoms with Crippen LogP contribution in [-0.2, 0) is 6.54 Å². The minimum atomic E-state index is 0.273. The molecule has 1 rings (SSSR count). The minimum absolute atomic E-state index is 0.273. The van der Waals surface area contributed by atoms with Gasteiger partial charge in [-0.1, -0.05) is 45.4 Å². The van der Waals surface area contributed by atoms with Crippen LogP contribution in [0.1, 0.15) is 45.2 Å². The lowest BCUT2D eigenvalue weighted by Gasteiger charge is -2.20. The molecule has 0 amide bonds. The summed E-state index contributed by atoms with van der Waals surface area (Å²) < 4.78 is 0.273. The van der Waals surface area contributed by atoms with Crippen LogP contribution in [0.4, 0.5) is 0 Å². The number of nitrogens with one attached hydrogen (secondary N) is 1. The summed E-state index contributed by atoms with van der Waals surface area (Å²) in [6.45, 7) is 13.2. The molecule has 0 unspecified atom stereocenters. The van der Waals surface area contributed by atoms with E-state index in [9.17, 15) is 0 Å². The topological polar surface area (TPSA) is 12.0 Å². The highest BCUT2D eigenvalue weighted by atomic mass is 32.2.